The molecule has 19 heavy (non-hydrogen) atoms. The highest BCUT2D eigenvalue weighted by molar-refractivity contribution is 5.98. The van der Waals surface area contributed by atoms with Crippen molar-refractivity contribution in [2.24, 2.45) is 16.8 Å². The summed E-state index contributed by atoms with van der Waals surface area (Å²) in [6.07, 6.45) is 0. The third-order valence-corrected chi connectivity index (χ3v) is 2.62. The number of nitrogens with two attached hydrogens (primary N) is 1. The number of nitrogens with zero attached hydrogens (tertiary/aromatic N) is 1. The first-order valence-electron chi connectivity index (χ1n) is 5.67. The van der Waals surface area contributed by atoms with Crippen LogP contribution in [0.2, 0.25) is 0 Å². The number of phenols is 2. The van der Waals surface area contributed by atoms with Crippen molar-refractivity contribution in [2.45, 2.75) is 19.9 Å². The minimum Gasteiger partial charge on any atom is -0.504 e. The predicted molar refractivity (Wildman–Crippen MR) is 69.3 cm³/mol. The van der Waals surface area contributed by atoms with Crippen molar-refractivity contribution in [3.63, 3.8) is 0 Å². The van der Waals surface area contributed by atoms with E-state index in [1.54, 1.807) is 13.8 Å². The molecule has 7 heteroatoms. The predicted octanol–water partition coefficient (Wildman–Crippen LogP) is 0.599. The average Bonchev–Trinajstić information content (AvgIpc) is 2.37. The van der Waals surface area contributed by atoms with Crippen LogP contribution in [0.1, 0.15) is 24.2 Å². The number of amides is 1. The molecule has 6 N–H and O–H groups in total. The van der Waals surface area contributed by atoms with Crippen molar-refractivity contribution >= 4 is 11.7 Å². The Hall–Kier alpha value is -2.44. The average molecular weight is 267 g/mol. The summed E-state index contributed by atoms with van der Waals surface area (Å²) in [5, 5.41) is 32.6. The summed E-state index contributed by atoms with van der Waals surface area (Å²) in [4.78, 5) is 11.9. The molecule has 1 unspecified atom stereocenters. The Morgan fingerprint density at radius 3 is 2.42 bits per heavy atom. The Balaban J connectivity index is 2.91. The van der Waals surface area contributed by atoms with Crippen molar-refractivity contribution in [2.75, 3.05) is 0 Å². The fourth-order valence-electron chi connectivity index (χ4n) is 1.53. The third-order valence-electron chi connectivity index (χ3n) is 2.62. The van der Waals surface area contributed by atoms with Gasteiger partial charge in [0, 0.05) is 5.56 Å². The maximum Gasteiger partial charge on any atom is 0.252 e. The highest BCUT2D eigenvalue weighted by Crippen LogP contribution is 2.24. The molecule has 1 aromatic rings. The summed E-state index contributed by atoms with van der Waals surface area (Å²) in [6.45, 7) is 3.61. The summed E-state index contributed by atoms with van der Waals surface area (Å²) in [6, 6.07) is 3.06. The van der Waals surface area contributed by atoms with Crippen LogP contribution in [0.15, 0.2) is 23.4 Å². The monoisotopic (exact) mass is 267 g/mol. The van der Waals surface area contributed by atoms with Gasteiger partial charge in [-0.3, -0.25) is 4.79 Å². The summed E-state index contributed by atoms with van der Waals surface area (Å²) in [5.74, 6) is -1.39. The van der Waals surface area contributed by atoms with Gasteiger partial charge < -0.3 is 26.5 Å². The zero-order valence-electron chi connectivity index (χ0n) is 10.7. The van der Waals surface area contributed by atoms with Crippen molar-refractivity contribution in [1.29, 1.82) is 0 Å². The Labute approximate surface area is 110 Å². The molecule has 0 aliphatic heterocycles. The smallest absolute Gasteiger partial charge is 0.252 e. The largest absolute Gasteiger partial charge is 0.504 e. The molecule has 0 aromatic heterocycles. The van der Waals surface area contributed by atoms with Crippen LogP contribution in [0, 0.1) is 5.92 Å². The summed E-state index contributed by atoms with van der Waals surface area (Å²) >= 11 is 0. The van der Waals surface area contributed by atoms with E-state index >= 15 is 0 Å². The van der Waals surface area contributed by atoms with Crippen LogP contribution in [0.5, 0.6) is 11.5 Å². The second-order valence-electron chi connectivity index (χ2n) is 4.42. The number of oxime groups is 1. The van der Waals surface area contributed by atoms with E-state index in [9.17, 15) is 9.90 Å². The molecule has 0 radical (unpaired) electrons. The lowest BCUT2D eigenvalue weighted by Crippen LogP contribution is -2.47. The molecular formula is C12H17N3O4. The molecule has 0 bridgehead atoms. The van der Waals surface area contributed by atoms with Gasteiger partial charge in [0.2, 0.25) is 0 Å². The fourth-order valence-corrected chi connectivity index (χ4v) is 1.53. The lowest BCUT2D eigenvalue weighted by atomic mass is 10.0. The molecule has 0 aliphatic carbocycles. The summed E-state index contributed by atoms with van der Waals surface area (Å²) in [5.41, 5.74) is 5.65. The standard InChI is InChI=1S/C12H17N3O4/c1-6(2)10(11(13)15-19)14-12(18)7-3-4-8(16)9(17)5-7/h3-6,10,16-17,19H,1-2H3,(H2,13,15)(H,14,18). The highest BCUT2D eigenvalue weighted by Gasteiger charge is 2.21. The van der Waals surface area contributed by atoms with Crippen LogP contribution in [0.4, 0.5) is 0 Å². The van der Waals surface area contributed by atoms with Crippen LogP contribution in [-0.2, 0) is 0 Å². The number of carbonyl (C=O) groups excluding carboxylic acids is 1. The Bertz CT molecular complexity index is 500. The highest BCUT2D eigenvalue weighted by atomic mass is 16.4. The molecule has 1 rings (SSSR count). The number of amidine groups is 1. The molecule has 0 spiro atoms. The number of hydrogen-bond acceptors (Lipinski definition) is 5. The van der Waals surface area contributed by atoms with E-state index in [1.807, 2.05) is 0 Å². The van der Waals surface area contributed by atoms with Gasteiger partial charge in [-0.15, -0.1) is 0 Å². The summed E-state index contributed by atoms with van der Waals surface area (Å²) < 4.78 is 0. The van der Waals surface area contributed by atoms with E-state index in [2.05, 4.69) is 10.5 Å². The van der Waals surface area contributed by atoms with E-state index in [0.717, 1.165) is 6.07 Å². The van der Waals surface area contributed by atoms with Gasteiger partial charge in [0.05, 0.1) is 6.04 Å². The third kappa shape index (κ3) is 3.51. The lowest BCUT2D eigenvalue weighted by molar-refractivity contribution is 0.0938. The maximum atomic E-state index is 11.9. The first kappa shape index (κ1) is 14.6. The molecule has 0 aliphatic rings. The second-order valence-corrected chi connectivity index (χ2v) is 4.42. The van der Waals surface area contributed by atoms with Crippen LogP contribution < -0.4 is 11.1 Å². The number of carbonyl (C=O) groups is 1. The van der Waals surface area contributed by atoms with Crippen LogP contribution in [-0.4, -0.2) is 33.2 Å². The van der Waals surface area contributed by atoms with Crippen LogP contribution >= 0.6 is 0 Å². The van der Waals surface area contributed by atoms with Crippen molar-refractivity contribution in [3.05, 3.63) is 23.8 Å². The fraction of sp³-hybridized carbons (Fsp3) is 0.333. The first-order chi connectivity index (χ1) is 8.86. The molecule has 1 amide bonds. The molecule has 1 aromatic carbocycles. The lowest BCUT2D eigenvalue weighted by Gasteiger charge is -2.20. The van der Waals surface area contributed by atoms with Gasteiger partial charge in [0.15, 0.2) is 17.3 Å². The van der Waals surface area contributed by atoms with E-state index < -0.39 is 17.7 Å². The number of benzene rings is 1. The quantitative estimate of drug-likeness (QED) is 0.179. The zero-order chi connectivity index (χ0) is 14.6. The number of aromatic hydroxyl groups is 2. The molecule has 1 atom stereocenters. The topological polar surface area (TPSA) is 128 Å². The van der Waals surface area contributed by atoms with E-state index in [0.29, 0.717) is 0 Å². The number of rotatable bonds is 4. The van der Waals surface area contributed by atoms with Gasteiger partial charge in [0.1, 0.15) is 0 Å². The second kappa shape index (κ2) is 5.94. The van der Waals surface area contributed by atoms with Crippen molar-refractivity contribution in [3.8, 4) is 11.5 Å². The van der Waals surface area contributed by atoms with Crippen LogP contribution in [0.3, 0.4) is 0 Å². The van der Waals surface area contributed by atoms with Crippen molar-refractivity contribution in [1.82, 2.24) is 5.32 Å². The molecular weight excluding hydrogens is 250 g/mol. The molecule has 0 heterocycles. The SMILES string of the molecule is CC(C)C(NC(=O)c1ccc(O)c(O)c1)/C(N)=N/O. The minimum atomic E-state index is -0.631. The van der Waals surface area contributed by atoms with E-state index in [4.69, 9.17) is 16.0 Å². The van der Waals surface area contributed by atoms with Crippen LogP contribution in [0.25, 0.3) is 0 Å². The minimum absolute atomic E-state index is 0.0782. The molecule has 0 fully saturated rings. The van der Waals surface area contributed by atoms with Gasteiger partial charge >= 0.3 is 0 Å². The van der Waals surface area contributed by atoms with Gasteiger partial charge in [-0.05, 0) is 24.1 Å². The summed E-state index contributed by atoms with van der Waals surface area (Å²) in [7, 11) is 0. The molecule has 104 valence electrons. The molecule has 0 saturated carbocycles. The van der Waals surface area contributed by atoms with Crippen molar-refractivity contribution < 1.29 is 20.2 Å². The van der Waals surface area contributed by atoms with Gasteiger partial charge in [-0.2, -0.15) is 0 Å². The Kier molecular flexibility index (Phi) is 4.57. The van der Waals surface area contributed by atoms with Gasteiger partial charge in [0.25, 0.3) is 5.91 Å². The Morgan fingerprint density at radius 1 is 1.32 bits per heavy atom. The Morgan fingerprint density at radius 2 is 1.95 bits per heavy atom. The number of phenolic OH excluding ortho intramolecular Hbond substituents is 2. The first-order valence-corrected chi connectivity index (χ1v) is 5.67. The molecule has 0 saturated heterocycles. The maximum absolute atomic E-state index is 11.9. The molecule has 7 nitrogen and oxygen atoms in total. The normalized spacial score (nSPS) is 13.3. The van der Waals surface area contributed by atoms with E-state index in [-0.39, 0.29) is 23.1 Å². The van der Waals surface area contributed by atoms with Gasteiger partial charge in [-0.1, -0.05) is 19.0 Å². The number of hydrogen-bond donors (Lipinski definition) is 5. The van der Waals surface area contributed by atoms with Gasteiger partial charge in [-0.25, -0.2) is 0 Å². The zero-order valence-corrected chi connectivity index (χ0v) is 10.7. The van der Waals surface area contributed by atoms with E-state index in [1.165, 1.54) is 12.1 Å². The number of nitrogens with one attached hydrogen (secondary N) is 1.